The fourth-order valence-corrected chi connectivity index (χ4v) is 1.87. The number of anilines is 1. The van der Waals surface area contributed by atoms with E-state index in [1.165, 1.54) is 26.2 Å². The highest BCUT2D eigenvalue weighted by Gasteiger charge is 2.16. The molecule has 2 N–H and O–H groups in total. The van der Waals surface area contributed by atoms with Crippen LogP contribution < -0.4 is 10.5 Å². The number of carbonyl (C=O) groups is 1. The molecule has 0 saturated heterocycles. The summed E-state index contributed by atoms with van der Waals surface area (Å²) in [6.45, 7) is 3.34. The minimum atomic E-state index is -0.528. The van der Waals surface area contributed by atoms with Crippen molar-refractivity contribution in [2.45, 2.75) is 13.8 Å². The molecule has 2 aromatic rings. The summed E-state index contributed by atoms with van der Waals surface area (Å²) in [5.74, 6) is -0.471. The van der Waals surface area contributed by atoms with Crippen LogP contribution in [-0.4, -0.2) is 23.0 Å². The second kappa shape index (κ2) is 8.20. The molecule has 2 heterocycles. The Bertz CT molecular complexity index is 782. The summed E-state index contributed by atoms with van der Waals surface area (Å²) in [5.41, 5.74) is 7.48. The molecule has 24 heavy (non-hydrogen) atoms. The lowest BCUT2D eigenvalue weighted by molar-refractivity contribution is -0.618. The number of nitro groups is 1. The molecular weight excluding hydrogens is 384 g/mol. The number of nitrogens with two attached hydrogens (primary N) is 1. The van der Waals surface area contributed by atoms with Crippen LogP contribution in [0.4, 0.5) is 11.4 Å². The predicted octanol–water partition coefficient (Wildman–Crippen LogP) is 2.06. The van der Waals surface area contributed by atoms with Crippen LogP contribution in [0.15, 0.2) is 29.1 Å². The number of nitrogens with zero attached hydrogens (tertiary/aromatic N) is 3. The smallest absolute Gasteiger partial charge is 0.356 e. The average molecular weight is 399 g/mol. The standard InChI is InChI=1S/C8H10N2O2.C6H5BrN2O3/c1-5-4-10-7(3-6(5)9)8(11)12-2;1-4-3-8(10)6(7)2-5(4)9(11)12/h3-4H,1-2H3,(H2,9,10);2-3H,1H3. The summed E-state index contributed by atoms with van der Waals surface area (Å²) in [6.07, 6.45) is 2.70. The molecule has 0 aromatic carbocycles. The number of ether oxygens (including phenoxy) is 1. The van der Waals surface area contributed by atoms with Gasteiger partial charge in [-0.15, -0.1) is 0 Å². The molecule has 0 spiro atoms. The third-order valence-electron chi connectivity index (χ3n) is 2.92. The zero-order valence-corrected chi connectivity index (χ0v) is 14.7. The summed E-state index contributed by atoms with van der Waals surface area (Å²) >= 11 is 2.89. The Morgan fingerprint density at radius 3 is 2.50 bits per heavy atom. The molecule has 0 aliphatic rings. The van der Waals surface area contributed by atoms with Crippen LogP contribution in [0, 0.1) is 29.2 Å². The van der Waals surface area contributed by atoms with Gasteiger partial charge in [-0.3, -0.25) is 10.1 Å². The van der Waals surface area contributed by atoms with Crippen molar-refractivity contribution in [1.82, 2.24) is 4.98 Å². The highest BCUT2D eigenvalue weighted by molar-refractivity contribution is 9.10. The van der Waals surface area contributed by atoms with Gasteiger partial charge in [0.25, 0.3) is 10.3 Å². The summed E-state index contributed by atoms with van der Waals surface area (Å²) in [5, 5.41) is 21.2. The number of methoxy groups -OCH3 is 1. The molecule has 0 fully saturated rings. The number of hydrogen-bond acceptors (Lipinski definition) is 7. The van der Waals surface area contributed by atoms with E-state index in [1.807, 2.05) is 6.92 Å². The Balaban J connectivity index is 0.000000240. The topological polar surface area (TPSA) is 135 Å². The van der Waals surface area contributed by atoms with E-state index in [2.05, 4.69) is 25.7 Å². The first kappa shape index (κ1) is 19.3. The Kier molecular flexibility index (Phi) is 6.59. The normalized spacial score (nSPS) is 9.67. The molecule has 0 unspecified atom stereocenters. The van der Waals surface area contributed by atoms with Crippen molar-refractivity contribution in [3.8, 4) is 0 Å². The van der Waals surface area contributed by atoms with Gasteiger partial charge in [0.15, 0.2) is 6.20 Å². The first-order chi connectivity index (χ1) is 11.2. The minimum Gasteiger partial charge on any atom is -0.618 e. The maximum atomic E-state index is 10.9. The van der Waals surface area contributed by atoms with E-state index in [1.54, 1.807) is 6.20 Å². The summed E-state index contributed by atoms with van der Waals surface area (Å²) in [4.78, 5) is 24.6. The number of carbonyl (C=O) groups excluding carboxylic acids is 1. The van der Waals surface area contributed by atoms with Crippen LogP contribution in [0.1, 0.15) is 21.6 Å². The second-order valence-electron chi connectivity index (χ2n) is 4.67. The van der Waals surface area contributed by atoms with Crippen molar-refractivity contribution < 1.29 is 19.2 Å². The van der Waals surface area contributed by atoms with E-state index < -0.39 is 10.9 Å². The van der Waals surface area contributed by atoms with E-state index in [-0.39, 0.29) is 16.0 Å². The lowest BCUT2D eigenvalue weighted by Gasteiger charge is -2.01. The Hall–Kier alpha value is -2.75. The van der Waals surface area contributed by atoms with E-state index in [0.29, 0.717) is 16.0 Å². The van der Waals surface area contributed by atoms with Crippen LogP contribution in [-0.2, 0) is 4.74 Å². The van der Waals surface area contributed by atoms with Gasteiger partial charge in [0, 0.05) is 27.8 Å². The molecule has 0 radical (unpaired) electrons. The van der Waals surface area contributed by atoms with Crippen LogP contribution >= 0.6 is 15.9 Å². The monoisotopic (exact) mass is 398 g/mol. The van der Waals surface area contributed by atoms with Crippen molar-refractivity contribution in [2.75, 3.05) is 12.8 Å². The zero-order chi connectivity index (χ0) is 18.4. The highest BCUT2D eigenvalue weighted by Crippen LogP contribution is 2.18. The first-order valence-corrected chi connectivity index (χ1v) is 7.30. The second-order valence-corrected chi connectivity index (χ2v) is 5.48. The summed E-state index contributed by atoms with van der Waals surface area (Å²) in [7, 11) is 1.31. The molecule has 2 aromatic heterocycles. The molecular formula is C14H15BrN4O5. The number of hydrogen-bond donors (Lipinski definition) is 1. The molecule has 0 aliphatic heterocycles. The van der Waals surface area contributed by atoms with Crippen LogP contribution in [0.3, 0.4) is 0 Å². The fraction of sp³-hybridized carbons (Fsp3) is 0.214. The van der Waals surface area contributed by atoms with Crippen LogP contribution in [0.5, 0.6) is 0 Å². The predicted molar refractivity (Wildman–Crippen MR) is 89.2 cm³/mol. The van der Waals surface area contributed by atoms with Crippen molar-refractivity contribution in [3.05, 3.63) is 61.3 Å². The molecule has 0 aliphatic carbocycles. The largest absolute Gasteiger partial charge is 0.618 e. The number of aromatic nitrogens is 2. The number of esters is 1. The Labute approximate surface area is 145 Å². The molecule has 0 saturated carbocycles. The number of nitrogen functional groups attached to an aromatic ring is 1. The summed E-state index contributed by atoms with van der Waals surface area (Å²) in [6, 6.07) is 2.68. The highest BCUT2D eigenvalue weighted by atomic mass is 79.9. The lowest BCUT2D eigenvalue weighted by atomic mass is 10.2. The first-order valence-electron chi connectivity index (χ1n) is 6.51. The van der Waals surface area contributed by atoms with Gasteiger partial charge in [-0.05, 0) is 25.5 Å². The van der Waals surface area contributed by atoms with Gasteiger partial charge in [0.2, 0.25) is 0 Å². The fourth-order valence-electron chi connectivity index (χ4n) is 1.55. The quantitative estimate of drug-likeness (QED) is 0.204. The SMILES string of the molecule is COC(=O)c1cc(N)c(C)cn1.Cc1c[n+]([O-])c(Br)cc1[N+](=O)[O-]. The molecule has 0 amide bonds. The zero-order valence-electron chi connectivity index (χ0n) is 13.1. The Morgan fingerprint density at radius 2 is 2.00 bits per heavy atom. The average Bonchev–Trinajstić information content (AvgIpc) is 2.53. The van der Waals surface area contributed by atoms with Gasteiger partial charge in [-0.1, -0.05) is 0 Å². The van der Waals surface area contributed by atoms with E-state index in [4.69, 9.17) is 5.73 Å². The molecule has 128 valence electrons. The minimum absolute atomic E-state index is 0.0611. The summed E-state index contributed by atoms with van der Waals surface area (Å²) < 4.78 is 5.14. The van der Waals surface area contributed by atoms with Gasteiger partial charge in [0.05, 0.1) is 23.7 Å². The molecule has 0 atom stereocenters. The van der Waals surface area contributed by atoms with Crippen molar-refractivity contribution in [3.63, 3.8) is 0 Å². The lowest BCUT2D eigenvalue weighted by Crippen LogP contribution is -2.27. The molecule has 0 bridgehead atoms. The molecule has 9 nitrogen and oxygen atoms in total. The number of halogens is 1. The third kappa shape index (κ3) is 4.88. The van der Waals surface area contributed by atoms with E-state index >= 15 is 0 Å². The number of pyridine rings is 2. The maximum absolute atomic E-state index is 10.9. The number of aryl methyl sites for hydroxylation is 2. The van der Waals surface area contributed by atoms with E-state index in [9.17, 15) is 20.1 Å². The van der Waals surface area contributed by atoms with Gasteiger partial charge < -0.3 is 15.7 Å². The molecule has 2 rings (SSSR count). The maximum Gasteiger partial charge on any atom is 0.356 e. The third-order valence-corrected chi connectivity index (χ3v) is 3.50. The van der Waals surface area contributed by atoms with Crippen molar-refractivity contribution >= 4 is 33.3 Å². The molecule has 10 heteroatoms. The Morgan fingerprint density at radius 1 is 1.38 bits per heavy atom. The van der Waals surface area contributed by atoms with Crippen molar-refractivity contribution in [1.29, 1.82) is 0 Å². The van der Waals surface area contributed by atoms with Crippen LogP contribution in [0.2, 0.25) is 0 Å². The van der Waals surface area contributed by atoms with E-state index in [0.717, 1.165) is 11.8 Å². The van der Waals surface area contributed by atoms with Crippen LogP contribution in [0.25, 0.3) is 0 Å². The van der Waals surface area contributed by atoms with Gasteiger partial charge in [-0.2, -0.15) is 4.73 Å². The van der Waals surface area contributed by atoms with Gasteiger partial charge in [0.1, 0.15) is 5.69 Å². The van der Waals surface area contributed by atoms with Crippen molar-refractivity contribution in [2.24, 2.45) is 0 Å². The number of rotatable bonds is 2. The van der Waals surface area contributed by atoms with Gasteiger partial charge >= 0.3 is 5.97 Å². The van der Waals surface area contributed by atoms with Gasteiger partial charge in [-0.25, -0.2) is 9.78 Å².